The molecule has 3 rings (SSSR count). The summed E-state index contributed by atoms with van der Waals surface area (Å²) in [6.45, 7) is 5.12. The molecule has 0 bridgehead atoms. The predicted octanol–water partition coefficient (Wildman–Crippen LogP) is 3.82. The number of aryl methyl sites for hydroxylation is 2. The lowest BCUT2D eigenvalue weighted by atomic mass is 10.1. The lowest BCUT2D eigenvalue weighted by Gasteiger charge is -2.15. The molecule has 1 amide bonds. The summed E-state index contributed by atoms with van der Waals surface area (Å²) in [5.74, 6) is 0.192. The number of hydrogen-bond acceptors (Lipinski definition) is 4. The van der Waals surface area contributed by atoms with E-state index in [0.717, 1.165) is 34.6 Å². The maximum absolute atomic E-state index is 12.5. The van der Waals surface area contributed by atoms with Crippen molar-refractivity contribution in [3.8, 4) is 0 Å². The van der Waals surface area contributed by atoms with Crippen LogP contribution in [0.2, 0.25) is 0 Å². The van der Waals surface area contributed by atoms with Gasteiger partial charge < -0.3 is 5.32 Å². The first kappa shape index (κ1) is 19.9. The van der Waals surface area contributed by atoms with Crippen LogP contribution in [0.5, 0.6) is 0 Å². The van der Waals surface area contributed by atoms with Crippen molar-refractivity contribution in [1.29, 1.82) is 0 Å². The van der Waals surface area contributed by atoms with Gasteiger partial charge in [0.15, 0.2) is 0 Å². The van der Waals surface area contributed by atoms with E-state index in [1.165, 1.54) is 16.1 Å². The number of rotatable bonds is 6. The number of sulfonamides is 1. The van der Waals surface area contributed by atoms with Crippen LogP contribution in [0.4, 0.5) is 5.69 Å². The van der Waals surface area contributed by atoms with Crippen LogP contribution >= 0.6 is 11.8 Å². The summed E-state index contributed by atoms with van der Waals surface area (Å²) in [5, 5.41) is 2.96. The van der Waals surface area contributed by atoms with Crippen molar-refractivity contribution in [3.05, 3.63) is 53.6 Å². The van der Waals surface area contributed by atoms with Gasteiger partial charge in [-0.25, -0.2) is 8.42 Å². The number of carbonyl (C=O) groups is 1. The number of para-hydroxylation sites is 1. The maximum atomic E-state index is 12.5. The van der Waals surface area contributed by atoms with Crippen LogP contribution in [0, 0.1) is 13.8 Å². The number of anilines is 1. The van der Waals surface area contributed by atoms with E-state index >= 15 is 0 Å². The van der Waals surface area contributed by atoms with Crippen molar-refractivity contribution in [2.75, 3.05) is 24.2 Å². The molecule has 0 aromatic heterocycles. The van der Waals surface area contributed by atoms with Gasteiger partial charge in [0.1, 0.15) is 0 Å². The van der Waals surface area contributed by atoms with Gasteiger partial charge in [0.05, 0.1) is 10.6 Å². The molecule has 7 heteroatoms. The van der Waals surface area contributed by atoms with Crippen LogP contribution in [0.15, 0.2) is 52.3 Å². The molecule has 0 unspecified atom stereocenters. The second-order valence-electron chi connectivity index (χ2n) is 6.69. The molecular formula is C20H24N2O3S2. The van der Waals surface area contributed by atoms with E-state index in [1.54, 1.807) is 24.3 Å². The van der Waals surface area contributed by atoms with E-state index in [0.29, 0.717) is 18.0 Å². The predicted molar refractivity (Wildman–Crippen MR) is 110 cm³/mol. The fourth-order valence-corrected chi connectivity index (χ4v) is 5.34. The Labute approximate surface area is 165 Å². The van der Waals surface area contributed by atoms with Gasteiger partial charge >= 0.3 is 0 Å². The third-order valence-electron chi connectivity index (χ3n) is 4.64. The van der Waals surface area contributed by atoms with Gasteiger partial charge in [-0.2, -0.15) is 4.31 Å². The summed E-state index contributed by atoms with van der Waals surface area (Å²) in [4.78, 5) is 13.4. The van der Waals surface area contributed by atoms with Crippen molar-refractivity contribution >= 4 is 33.4 Å². The molecule has 1 heterocycles. The minimum Gasteiger partial charge on any atom is -0.325 e. The van der Waals surface area contributed by atoms with E-state index in [-0.39, 0.29) is 11.7 Å². The van der Waals surface area contributed by atoms with E-state index in [4.69, 9.17) is 0 Å². The molecule has 2 aromatic carbocycles. The number of hydrogen-bond donors (Lipinski definition) is 1. The molecule has 0 atom stereocenters. The average Bonchev–Trinajstić information content (AvgIpc) is 3.19. The highest BCUT2D eigenvalue weighted by Gasteiger charge is 2.26. The van der Waals surface area contributed by atoms with Gasteiger partial charge in [-0.15, -0.1) is 11.8 Å². The summed E-state index contributed by atoms with van der Waals surface area (Å²) in [6, 6.07) is 12.7. The van der Waals surface area contributed by atoms with Gasteiger partial charge in [0.25, 0.3) is 0 Å². The van der Waals surface area contributed by atoms with E-state index < -0.39 is 10.0 Å². The molecule has 144 valence electrons. The Hall–Kier alpha value is -1.83. The highest BCUT2D eigenvalue weighted by Crippen LogP contribution is 2.25. The molecule has 1 fully saturated rings. The van der Waals surface area contributed by atoms with Crippen LogP contribution in [-0.2, 0) is 14.8 Å². The third kappa shape index (κ3) is 4.72. The summed E-state index contributed by atoms with van der Waals surface area (Å²) in [5.41, 5.74) is 2.92. The standard InChI is InChI=1S/C20H24N2O3S2/c1-15-6-5-7-16(2)20(15)21-19(23)14-26-17-8-10-18(11-9-17)27(24,25)22-12-3-4-13-22/h5-11H,3-4,12-14H2,1-2H3,(H,21,23). The molecule has 5 nitrogen and oxygen atoms in total. The van der Waals surface area contributed by atoms with Crippen molar-refractivity contribution in [3.63, 3.8) is 0 Å². The molecule has 1 saturated heterocycles. The number of carbonyl (C=O) groups excluding carboxylic acids is 1. The molecule has 1 N–H and O–H groups in total. The molecular weight excluding hydrogens is 380 g/mol. The second kappa shape index (κ2) is 8.46. The summed E-state index contributed by atoms with van der Waals surface area (Å²) < 4.78 is 26.6. The Balaban J connectivity index is 1.59. The smallest absolute Gasteiger partial charge is 0.243 e. The molecule has 2 aromatic rings. The highest BCUT2D eigenvalue weighted by molar-refractivity contribution is 8.00. The lowest BCUT2D eigenvalue weighted by molar-refractivity contribution is -0.113. The first-order valence-corrected chi connectivity index (χ1v) is 11.4. The minimum atomic E-state index is -3.39. The van der Waals surface area contributed by atoms with Crippen molar-refractivity contribution in [2.24, 2.45) is 0 Å². The zero-order valence-corrected chi connectivity index (χ0v) is 17.2. The Morgan fingerprint density at radius 3 is 2.22 bits per heavy atom. The molecule has 1 aliphatic rings. The fraction of sp³-hybridized carbons (Fsp3) is 0.350. The summed E-state index contributed by atoms with van der Waals surface area (Å²) in [7, 11) is -3.39. The number of thioether (sulfide) groups is 1. The molecule has 0 saturated carbocycles. The first-order valence-electron chi connectivity index (χ1n) is 8.97. The Kier molecular flexibility index (Phi) is 6.24. The second-order valence-corrected chi connectivity index (χ2v) is 9.67. The third-order valence-corrected chi connectivity index (χ3v) is 7.57. The lowest BCUT2D eigenvalue weighted by Crippen LogP contribution is -2.27. The van der Waals surface area contributed by atoms with Crippen molar-refractivity contribution < 1.29 is 13.2 Å². The molecule has 0 aliphatic carbocycles. The largest absolute Gasteiger partial charge is 0.325 e. The molecule has 0 radical (unpaired) electrons. The number of nitrogens with zero attached hydrogens (tertiary/aromatic N) is 1. The Bertz CT molecular complexity index is 898. The zero-order chi connectivity index (χ0) is 19.4. The summed E-state index contributed by atoms with van der Waals surface area (Å²) in [6.07, 6.45) is 1.84. The maximum Gasteiger partial charge on any atom is 0.243 e. The number of nitrogens with one attached hydrogen (secondary N) is 1. The van der Waals surface area contributed by atoms with Gasteiger partial charge in [-0.3, -0.25) is 4.79 Å². The van der Waals surface area contributed by atoms with Crippen LogP contribution < -0.4 is 5.32 Å². The molecule has 0 spiro atoms. The van der Waals surface area contributed by atoms with Gasteiger partial charge in [0, 0.05) is 23.7 Å². The highest BCUT2D eigenvalue weighted by atomic mass is 32.2. The van der Waals surface area contributed by atoms with Crippen LogP contribution in [0.3, 0.4) is 0 Å². The van der Waals surface area contributed by atoms with E-state index in [1.807, 2.05) is 32.0 Å². The van der Waals surface area contributed by atoms with Gasteiger partial charge in [-0.05, 0) is 62.1 Å². The summed E-state index contributed by atoms with van der Waals surface area (Å²) >= 11 is 1.39. The topological polar surface area (TPSA) is 66.5 Å². The SMILES string of the molecule is Cc1cccc(C)c1NC(=O)CSc1ccc(S(=O)(=O)N2CCCC2)cc1. The first-order chi connectivity index (χ1) is 12.9. The monoisotopic (exact) mass is 404 g/mol. The molecule has 1 aliphatic heterocycles. The quantitative estimate of drug-likeness (QED) is 0.744. The van der Waals surface area contributed by atoms with Crippen molar-refractivity contribution in [2.45, 2.75) is 36.5 Å². The Morgan fingerprint density at radius 1 is 1.04 bits per heavy atom. The van der Waals surface area contributed by atoms with Crippen LogP contribution in [-0.4, -0.2) is 37.5 Å². The minimum absolute atomic E-state index is 0.0776. The number of benzene rings is 2. The van der Waals surface area contributed by atoms with Gasteiger partial charge in [0.2, 0.25) is 15.9 Å². The van der Waals surface area contributed by atoms with E-state index in [2.05, 4.69) is 5.32 Å². The average molecular weight is 405 g/mol. The Morgan fingerprint density at radius 2 is 1.63 bits per heavy atom. The van der Waals surface area contributed by atoms with Crippen LogP contribution in [0.1, 0.15) is 24.0 Å². The zero-order valence-electron chi connectivity index (χ0n) is 15.6. The normalized spacial score (nSPS) is 15.0. The van der Waals surface area contributed by atoms with Crippen LogP contribution in [0.25, 0.3) is 0 Å². The fourth-order valence-electron chi connectivity index (χ4n) is 3.12. The van der Waals surface area contributed by atoms with Gasteiger partial charge in [-0.1, -0.05) is 18.2 Å². The number of amides is 1. The van der Waals surface area contributed by atoms with Crippen molar-refractivity contribution in [1.82, 2.24) is 4.31 Å². The van der Waals surface area contributed by atoms with E-state index in [9.17, 15) is 13.2 Å². The molecule has 27 heavy (non-hydrogen) atoms.